The SMILES string of the molecule is C[Si](C)(C)CCOCn1ccc2c(-c3cncc(C4(C#N)Cc5ccccc5C4)c3)ncnc21. The zero-order valence-corrected chi connectivity index (χ0v) is 21.0. The first-order chi connectivity index (χ1) is 16.4. The second kappa shape index (κ2) is 8.78. The van der Waals surface area contributed by atoms with Crippen molar-refractivity contribution in [1.82, 2.24) is 19.5 Å². The summed E-state index contributed by atoms with van der Waals surface area (Å²) in [6, 6.07) is 16.2. The molecule has 3 aromatic heterocycles. The Morgan fingerprint density at radius 3 is 2.56 bits per heavy atom. The molecule has 3 heterocycles. The minimum Gasteiger partial charge on any atom is -0.361 e. The Morgan fingerprint density at radius 1 is 1.09 bits per heavy atom. The Bertz CT molecular complexity index is 1360. The van der Waals surface area contributed by atoms with E-state index in [9.17, 15) is 5.26 Å². The van der Waals surface area contributed by atoms with Gasteiger partial charge in [-0.15, -0.1) is 0 Å². The van der Waals surface area contributed by atoms with Crippen molar-refractivity contribution in [2.75, 3.05) is 6.61 Å². The van der Waals surface area contributed by atoms with Crippen molar-refractivity contribution in [2.24, 2.45) is 0 Å². The molecule has 7 heteroatoms. The third-order valence-electron chi connectivity index (χ3n) is 6.66. The van der Waals surface area contributed by atoms with Crippen LogP contribution in [0.1, 0.15) is 16.7 Å². The monoisotopic (exact) mass is 467 g/mol. The van der Waals surface area contributed by atoms with E-state index in [0.29, 0.717) is 19.6 Å². The van der Waals surface area contributed by atoms with Gasteiger partial charge in [-0.05, 0) is 47.7 Å². The van der Waals surface area contributed by atoms with Gasteiger partial charge in [0.1, 0.15) is 18.7 Å². The van der Waals surface area contributed by atoms with Crippen LogP contribution in [0.25, 0.3) is 22.3 Å². The summed E-state index contributed by atoms with van der Waals surface area (Å²) in [6.45, 7) is 8.29. The van der Waals surface area contributed by atoms with Crippen molar-refractivity contribution in [3.63, 3.8) is 0 Å². The molecule has 5 rings (SSSR count). The van der Waals surface area contributed by atoms with Gasteiger partial charge in [-0.1, -0.05) is 43.9 Å². The molecule has 0 aliphatic heterocycles. The maximum absolute atomic E-state index is 10.2. The lowest BCUT2D eigenvalue weighted by Crippen LogP contribution is -2.25. The van der Waals surface area contributed by atoms with Crippen molar-refractivity contribution < 1.29 is 4.74 Å². The van der Waals surface area contributed by atoms with Crippen molar-refractivity contribution in [3.05, 3.63) is 78.0 Å². The molecular formula is C27H29N5OSi. The lowest BCUT2D eigenvalue weighted by molar-refractivity contribution is 0.0899. The summed E-state index contributed by atoms with van der Waals surface area (Å²) < 4.78 is 7.96. The van der Waals surface area contributed by atoms with Crippen molar-refractivity contribution >= 4 is 19.1 Å². The molecule has 0 amide bonds. The summed E-state index contributed by atoms with van der Waals surface area (Å²) in [7, 11) is -1.12. The molecule has 0 bridgehead atoms. The molecule has 0 atom stereocenters. The van der Waals surface area contributed by atoms with Gasteiger partial charge in [0.25, 0.3) is 0 Å². The Labute approximate surface area is 201 Å². The minimum absolute atomic E-state index is 0.471. The zero-order chi connectivity index (χ0) is 23.8. The molecule has 0 saturated carbocycles. The fraction of sp³-hybridized carbons (Fsp3) is 0.333. The fourth-order valence-corrected chi connectivity index (χ4v) is 5.43. The van der Waals surface area contributed by atoms with Crippen LogP contribution in [-0.2, 0) is 29.7 Å². The number of nitriles is 1. The highest BCUT2D eigenvalue weighted by molar-refractivity contribution is 6.76. The van der Waals surface area contributed by atoms with Crippen molar-refractivity contribution in [3.8, 4) is 17.3 Å². The van der Waals surface area contributed by atoms with E-state index in [-0.39, 0.29) is 0 Å². The first-order valence-electron chi connectivity index (χ1n) is 11.7. The summed E-state index contributed by atoms with van der Waals surface area (Å²) in [5.41, 5.74) is 5.37. The smallest absolute Gasteiger partial charge is 0.145 e. The molecule has 1 aromatic carbocycles. The average molecular weight is 468 g/mol. The second-order valence-corrected chi connectivity index (χ2v) is 16.0. The minimum atomic E-state index is -1.12. The molecule has 1 aliphatic rings. The van der Waals surface area contributed by atoms with E-state index >= 15 is 0 Å². The summed E-state index contributed by atoms with van der Waals surface area (Å²) >= 11 is 0. The van der Waals surface area contributed by atoms with Crippen molar-refractivity contribution in [1.29, 1.82) is 5.26 Å². The van der Waals surface area contributed by atoms with Crippen LogP contribution in [0.5, 0.6) is 0 Å². The van der Waals surface area contributed by atoms with Crippen LogP contribution >= 0.6 is 0 Å². The third-order valence-corrected chi connectivity index (χ3v) is 8.37. The number of hydrogen-bond acceptors (Lipinski definition) is 5. The van der Waals surface area contributed by atoms with Crippen LogP contribution in [0, 0.1) is 11.3 Å². The topological polar surface area (TPSA) is 76.6 Å². The number of benzene rings is 1. The summed E-state index contributed by atoms with van der Waals surface area (Å²) in [6.07, 6.45) is 8.65. The molecule has 4 aromatic rings. The Hall–Kier alpha value is -3.34. The molecule has 34 heavy (non-hydrogen) atoms. The van der Waals surface area contributed by atoms with Crippen LogP contribution in [0.15, 0.2) is 61.3 Å². The van der Waals surface area contributed by atoms with E-state index in [1.807, 2.05) is 41.4 Å². The van der Waals surface area contributed by atoms with Gasteiger partial charge in [0.2, 0.25) is 0 Å². The van der Waals surface area contributed by atoms with E-state index in [1.165, 1.54) is 11.1 Å². The second-order valence-electron chi connectivity index (χ2n) is 10.4. The van der Waals surface area contributed by atoms with Crippen LogP contribution in [0.4, 0.5) is 0 Å². The van der Waals surface area contributed by atoms with Gasteiger partial charge in [0.05, 0.1) is 17.2 Å². The van der Waals surface area contributed by atoms with Crippen LogP contribution in [0.2, 0.25) is 25.7 Å². The van der Waals surface area contributed by atoms with E-state index < -0.39 is 13.5 Å². The van der Waals surface area contributed by atoms with E-state index in [0.717, 1.165) is 40.5 Å². The summed E-state index contributed by atoms with van der Waals surface area (Å²) in [5.74, 6) is 0. The molecule has 6 nitrogen and oxygen atoms in total. The molecule has 0 unspecified atom stereocenters. The molecular weight excluding hydrogens is 438 g/mol. The highest BCUT2D eigenvalue weighted by atomic mass is 28.3. The quantitative estimate of drug-likeness (QED) is 0.270. The largest absolute Gasteiger partial charge is 0.361 e. The average Bonchev–Trinajstić information content (AvgIpc) is 3.43. The normalized spacial score (nSPS) is 14.8. The molecule has 0 spiro atoms. The summed E-state index contributed by atoms with van der Waals surface area (Å²) in [4.78, 5) is 13.6. The zero-order valence-electron chi connectivity index (χ0n) is 20.0. The predicted molar refractivity (Wildman–Crippen MR) is 136 cm³/mol. The molecule has 0 saturated heterocycles. The van der Waals surface area contributed by atoms with Crippen LogP contribution < -0.4 is 0 Å². The lowest BCUT2D eigenvalue weighted by Gasteiger charge is -2.21. The first kappa shape index (κ1) is 22.4. The Balaban J connectivity index is 1.44. The molecule has 0 N–H and O–H groups in total. The lowest BCUT2D eigenvalue weighted by atomic mass is 9.79. The molecule has 1 aliphatic carbocycles. The molecule has 172 valence electrons. The highest BCUT2D eigenvalue weighted by Gasteiger charge is 2.39. The Kier molecular flexibility index (Phi) is 5.80. The fourth-order valence-electron chi connectivity index (χ4n) is 4.67. The van der Waals surface area contributed by atoms with E-state index in [1.54, 1.807) is 6.33 Å². The number of nitrogens with zero attached hydrogens (tertiary/aromatic N) is 5. The number of ether oxygens (including phenoxy) is 1. The maximum Gasteiger partial charge on any atom is 0.145 e. The highest BCUT2D eigenvalue weighted by Crippen LogP contribution is 2.40. The van der Waals surface area contributed by atoms with E-state index in [4.69, 9.17) is 4.74 Å². The van der Waals surface area contributed by atoms with Gasteiger partial charge in [-0.3, -0.25) is 4.98 Å². The van der Waals surface area contributed by atoms with Gasteiger partial charge in [-0.2, -0.15) is 5.26 Å². The molecule has 0 radical (unpaired) electrons. The summed E-state index contributed by atoms with van der Waals surface area (Å²) in [5, 5.41) is 11.2. The van der Waals surface area contributed by atoms with Gasteiger partial charge >= 0.3 is 0 Å². The van der Waals surface area contributed by atoms with Gasteiger partial charge in [0, 0.05) is 44.2 Å². The van der Waals surface area contributed by atoms with Crippen LogP contribution in [0.3, 0.4) is 0 Å². The van der Waals surface area contributed by atoms with Crippen LogP contribution in [-0.4, -0.2) is 34.2 Å². The Morgan fingerprint density at radius 2 is 1.85 bits per heavy atom. The predicted octanol–water partition coefficient (Wildman–Crippen LogP) is 5.37. The van der Waals surface area contributed by atoms with E-state index in [2.05, 4.69) is 58.9 Å². The van der Waals surface area contributed by atoms with Gasteiger partial charge in [-0.25, -0.2) is 9.97 Å². The number of pyridine rings is 1. The molecule has 0 fully saturated rings. The standard InChI is InChI=1S/C27H29N5OSi/c1-34(2,3)11-10-33-19-32-9-8-24-25(30-18-31-26(24)32)22-12-23(16-29-15-22)27(17-28)13-20-6-4-5-7-21(20)14-27/h4-9,12,15-16,18H,10-11,13-14,19H2,1-3H3. The number of hydrogen-bond donors (Lipinski definition) is 0. The number of aromatic nitrogens is 4. The van der Waals surface area contributed by atoms with Crippen molar-refractivity contribution in [2.45, 2.75) is 50.7 Å². The number of fused-ring (bicyclic) bond motifs is 2. The first-order valence-corrected chi connectivity index (χ1v) is 15.4. The van der Waals surface area contributed by atoms with Gasteiger partial charge in [0.15, 0.2) is 0 Å². The number of rotatable bonds is 7. The maximum atomic E-state index is 10.2. The van der Waals surface area contributed by atoms with Gasteiger partial charge < -0.3 is 9.30 Å². The third kappa shape index (κ3) is 4.27.